The molecule has 0 bridgehead atoms. The molecule has 88 valence electrons. The fourth-order valence-corrected chi connectivity index (χ4v) is 2.16. The molecule has 1 unspecified atom stereocenters. The molecule has 1 aliphatic carbocycles. The molecular formula is C13H15N3O. The predicted molar refractivity (Wildman–Crippen MR) is 65.7 cm³/mol. The summed E-state index contributed by atoms with van der Waals surface area (Å²) >= 11 is 0. The van der Waals surface area contributed by atoms with E-state index in [1.54, 1.807) is 6.20 Å². The summed E-state index contributed by atoms with van der Waals surface area (Å²) in [6.45, 7) is 2.07. The van der Waals surface area contributed by atoms with Crippen LogP contribution < -0.4 is 5.32 Å². The minimum atomic E-state index is -0.0146. The van der Waals surface area contributed by atoms with Crippen molar-refractivity contribution in [1.82, 2.24) is 15.5 Å². The molecule has 1 atom stereocenters. The number of fused-ring (bicyclic) bond motifs is 1. The summed E-state index contributed by atoms with van der Waals surface area (Å²) in [6, 6.07) is 5.92. The number of para-hydroxylation sites is 1. The molecule has 1 saturated carbocycles. The highest BCUT2D eigenvalue weighted by atomic mass is 16.1. The summed E-state index contributed by atoms with van der Waals surface area (Å²) in [5.74, 6) is 0.652. The van der Waals surface area contributed by atoms with Crippen molar-refractivity contribution in [2.24, 2.45) is 5.92 Å². The van der Waals surface area contributed by atoms with Crippen LogP contribution in [0.25, 0.3) is 10.9 Å². The first-order valence-electron chi connectivity index (χ1n) is 5.98. The number of benzene rings is 1. The monoisotopic (exact) mass is 229 g/mol. The van der Waals surface area contributed by atoms with Crippen LogP contribution in [-0.2, 0) is 0 Å². The number of hydrogen-bond acceptors (Lipinski definition) is 2. The molecule has 2 aromatic rings. The zero-order valence-electron chi connectivity index (χ0n) is 9.73. The summed E-state index contributed by atoms with van der Waals surface area (Å²) in [5.41, 5.74) is 1.49. The number of H-pyrrole nitrogens is 1. The van der Waals surface area contributed by atoms with E-state index in [9.17, 15) is 4.79 Å². The van der Waals surface area contributed by atoms with Crippen molar-refractivity contribution in [3.8, 4) is 0 Å². The molecule has 1 fully saturated rings. The van der Waals surface area contributed by atoms with Gasteiger partial charge in [0.25, 0.3) is 5.91 Å². The number of aromatic nitrogens is 2. The molecule has 0 aliphatic heterocycles. The van der Waals surface area contributed by atoms with E-state index in [1.165, 1.54) is 12.8 Å². The van der Waals surface area contributed by atoms with E-state index < -0.39 is 0 Å². The molecule has 0 spiro atoms. The van der Waals surface area contributed by atoms with Crippen LogP contribution in [0.3, 0.4) is 0 Å². The van der Waals surface area contributed by atoms with E-state index in [0.29, 0.717) is 11.5 Å². The fourth-order valence-electron chi connectivity index (χ4n) is 2.16. The Morgan fingerprint density at radius 3 is 3.12 bits per heavy atom. The van der Waals surface area contributed by atoms with Gasteiger partial charge in [-0.3, -0.25) is 9.89 Å². The van der Waals surface area contributed by atoms with Gasteiger partial charge in [-0.05, 0) is 31.7 Å². The summed E-state index contributed by atoms with van der Waals surface area (Å²) in [6.07, 6.45) is 4.20. The molecule has 1 heterocycles. The van der Waals surface area contributed by atoms with Crippen LogP contribution in [0.15, 0.2) is 24.4 Å². The summed E-state index contributed by atoms with van der Waals surface area (Å²) in [4.78, 5) is 12.1. The van der Waals surface area contributed by atoms with Crippen LogP contribution in [-0.4, -0.2) is 22.1 Å². The number of nitrogens with one attached hydrogen (secondary N) is 2. The lowest BCUT2D eigenvalue weighted by Gasteiger charge is -2.12. The fraction of sp³-hybridized carbons (Fsp3) is 0.385. The van der Waals surface area contributed by atoms with Gasteiger partial charge in [0, 0.05) is 11.4 Å². The molecule has 4 nitrogen and oxygen atoms in total. The third-order valence-corrected chi connectivity index (χ3v) is 3.41. The Morgan fingerprint density at radius 1 is 1.53 bits per heavy atom. The van der Waals surface area contributed by atoms with Crippen LogP contribution in [0, 0.1) is 5.92 Å². The van der Waals surface area contributed by atoms with Crippen LogP contribution in [0.2, 0.25) is 0 Å². The van der Waals surface area contributed by atoms with Crippen LogP contribution in [0.5, 0.6) is 0 Å². The van der Waals surface area contributed by atoms with Gasteiger partial charge >= 0.3 is 0 Å². The number of aromatic amines is 1. The summed E-state index contributed by atoms with van der Waals surface area (Å²) < 4.78 is 0. The van der Waals surface area contributed by atoms with E-state index in [0.717, 1.165) is 10.9 Å². The van der Waals surface area contributed by atoms with E-state index in [4.69, 9.17) is 0 Å². The molecule has 0 radical (unpaired) electrons. The SMILES string of the molecule is CC(NC(=O)c1cccc2cn[nH]c12)C1CC1. The van der Waals surface area contributed by atoms with Gasteiger partial charge in [-0.15, -0.1) is 0 Å². The molecule has 1 aromatic heterocycles. The normalized spacial score (nSPS) is 17.0. The lowest BCUT2D eigenvalue weighted by molar-refractivity contribution is 0.0937. The Hall–Kier alpha value is -1.84. The van der Waals surface area contributed by atoms with Crippen LogP contribution >= 0.6 is 0 Å². The van der Waals surface area contributed by atoms with Gasteiger partial charge in [-0.25, -0.2) is 0 Å². The van der Waals surface area contributed by atoms with Crippen molar-refractivity contribution in [2.75, 3.05) is 0 Å². The van der Waals surface area contributed by atoms with E-state index in [2.05, 4.69) is 22.4 Å². The number of carbonyl (C=O) groups is 1. The van der Waals surface area contributed by atoms with Crippen molar-refractivity contribution < 1.29 is 4.79 Å². The molecule has 4 heteroatoms. The van der Waals surface area contributed by atoms with Crippen molar-refractivity contribution in [3.05, 3.63) is 30.0 Å². The number of amides is 1. The largest absolute Gasteiger partial charge is 0.349 e. The lowest BCUT2D eigenvalue weighted by Crippen LogP contribution is -2.34. The second kappa shape index (κ2) is 3.87. The molecule has 0 saturated heterocycles. The third kappa shape index (κ3) is 1.90. The van der Waals surface area contributed by atoms with Crippen molar-refractivity contribution in [1.29, 1.82) is 0 Å². The number of carbonyl (C=O) groups excluding carboxylic acids is 1. The predicted octanol–water partition coefficient (Wildman–Crippen LogP) is 2.09. The van der Waals surface area contributed by atoms with Crippen molar-refractivity contribution in [3.63, 3.8) is 0 Å². The molecular weight excluding hydrogens is 214 g/mol. The summed E-state index contributed by atoms with van der Waals surface area (Å²) in [5, 5.41) is 10.9. The second-order valence-corrected chi connectivity index (χ2v) is 4.74. The van der Waals surface area contributed by atoms with Gasteiger partial charge < -0.3 is 5.32 Å². The van der Waals surface area contributed by atoms with Gasteiger partial charge in [0.1, 0.15) is 0 Å². The average Bonchev–Trinajstić information content (AvgIpc) is 3.06. The minimum absolute atomic E-state index is 0.0146. The quantitative estimate of drug-likeness (QED) is 0.846. The smallest absolute Gasteiger partial charge is 0.253 e. The Labute approximate surface area is 99.4 Å². The van der Waals surface area contributed by atoms with Gasteiger partial charge in [-0.1, -0.05) is 12.1 Å². The standard InChI is InChI=1S/C13H15N3O/c1-8(9-5-6-9)15-13(17)11-4-2-3-10-7-14-16-12(10)11/h2-4,7-9H,5-6H2,1H3,(H,14,16)(H,15,17). The topological polar surface area (TPSA) is 57.8 Å². The zero-order valence-corrected chi connectivity index (χ0v) is 9.73. The first-order valence-corrected chi connectivity index (χ1v) is 5.98. The molecule has 1 aliphatic rings. The first-order chi connectivity index (χ1) is 8.25. The van der Waals surface area contributed by atoms with Gasteiger partial charge in [-0.2, -0.15) is 5.10 Å². The second-order valence-electron chi connectivity index (χ2n) is 4.74. The van der Waals surface area contributed by atoms with Crippen LogP contribution in [0.4, 0.5) is 0 Å². The Bertz CT molecular complexity index is 557. The van der Waals surface area contributed by atoms with Gasteiger partial charge in [0.05, 0.1) is 17.3 Å². The number of rotatable bonds is 3. The number of nitrogens with zero attached hydrogens (tertiary/aromatic N) is 1. The molecule has 2 N–H and O–H groups in total. The lowest BCUT2D eigenvalue weighted by atomic mass is 10.1. The van der Waals surface area contributed by atoms with Crippen molar-refractivity contribution >= 4 is 16.8 Å². The Morgan fingerprint density at radius 2 is 2.35 bits per heavy atom. The minimum Gasteiger partial charge on any atom is -0.349 e. The maximum absolute atomic E-state index is 12.1. The zero-order chi connectivity index (χ0) is 11.8. The molecule has 17 heavy (non-hydrogen) atoms. The molecule has 1 amide bonds. The maximum atomic E-state index is 12.1. The highest BCUT2D eigenvalue weighted by molar-refractivity contribution is 6.05. The van der Waals surface area contributed by atoms with Crippen molar-refractivity contribution in [2.45, 2.75) is 25.8 Å². The highest BCUT2D eigenvalue weighted by Crippen LogP contribution is 2.32. The highest BCUT2D eigenvalue weighted by Gasteiger charge is 2.29. The van der Waals surface area contributed by atoms with Crippen LogP contribution in [0.1, 0.15) is 30.1 Å². The van der Waals surface area contributed by atoms with Gasteiger partial charge in [0.2, 0.25) is 0 Å². The maximum Gasteiger partial charge on any atom is 0.253 e. The Kier molecular flexibility index (Phi) is 2.35. The van der Waals surface area contributed by atoms with E-state index in [-0.39, 0.29) is 11.9 Å². The van der Waals surface area contributed by atoms with E-state index in [1.807, 2.05) is 18.2 Å². The molecule has 3 rings (SSSR count). The number of hydrogen-bond donors (Lipinski definition) is 2. The van der Waals surface area contributed by atoms with Gasteiger partial charge in [0.15, 0.2) is 0 Å². The summed E-state index contributed by atoms with van der Waals surface area (Å²) in [7, 11) is 0. The average molecular weight is 229 g/mol. The molecule has 1 aromatic carbocycles. The van der Waals surface area contributed by atoms with E-state index >= 15 is 0 Å². The third-order valence-electron chi connectivity index (χ3n) is 3.41. The first kappa shape index (κ1) is 10.3. The Balaban J connectivity index is 1.86.